The number of rotatable bonds is 5. The molecule has 0 radical (unpaired) electrons. The quantitative estimate of drug-likeness (QED) is 0.607. The van der Waals surface area contributed by atoms with Crippen LogP contribution in [0.15, 0.2) is 66.7 Å². The predicted molar refractivity (Wildman–Crippen MR) is 111 cm³/mol. The smallest absolute Gasteiger partial charge is 0.306 e. The highest BCUT2D eigenvalue weighted by atomic mass is 16.5. The van der Waals surface area contributed by atoms with Gasteiger partial charge in [0.1, 0.15) is 11.5 Å². The maximum absolute atomic E-state index is 11.4. The number of aliphatic carboxylic acids is 1. The van der Waals surface area contributed by atoms with Crippen LogP contribution in [0.4, 0.5) is 0 Å². The van der Waals surface area contributed by atoms with Crippen molar-refractivity contribution < 1.29 is 14.6 Å². The molecule has 1 atom stereocenters. The van der Waals surface area contributed by atoms with Crippen LogP contribution in [0.3, 0.4) is 0 Å². The molecule has 0 amide bonds. The second kappa shape index (κ2) is 7.89. The van der Waals surface area contributed by atoms with Gasteiger partial charge in [-0.3, -0.25) is 4.79 Å². The minimum Gasteiger partial charge on any atom is -0.481 e. The van der Waals surface area contributed by atoms with Gasteiger partial charge in [-0.25, -0.2) is 0 Å². The molecule has 3 heteroatoms. The molecule has 0 bridgehead atoms. The zero-order valence-corrected chi connectivity index (χ0v) is 16.0. The molecule has 0 heterocycles. The van der Waals surface area contributed by atoms with Crippen LogP contribution in [-0.4, -0.2) is 11.1 Å². The standard InChI is InChI=1S/C25H24O3/c1-2-17-6-5-7-19(14-17)23-8-3-4-9-24(23)28-22-13-12-18-10-11-20(25(26)27)15-21(18)16-22/h3-9,12-14,16,20H,2,10-11,15H2,1H3,(H,26,27). The Bertz CT molecular complexity index is 1010. The van der Waals surface area contributed by atoms with Crippen molar-refractivity contribution in [2.45, 2.75) is 32.6 Å². The topological polar surface area (TPSA) is 46.5 Å². The first kappa shape index (κ1) is 18.3. The number of carboxylic acids is 1. The van der Waals surface area contributed by atoms with E-state index in [4.69, 9.17) is 4.74 Å². The Balaban J connectivity index is 1.64. The van der Waals surface area contributed by atoms with E-state index in [-0.39, 0.29) is 5.92 Å². The van der Waals surface area contributed by atoms with Crippen molar-refractivity contribution in [2.75, 3.05) is 0 Å². The number of benzene rings is 3. The molecule has 3 nitrogen and oxygen atoms in total. The van der Waals surface area contributed by atoms with Crippen molar-refractivity contribution in [1.29, 1.82) is 0 Å². The molecule has 0 saturated carbocycles. The maximum atomic E-state index is 11.4. The second-order valence-electron chi connectivity index (χ2n) is 7.36. The van der Waals surface area contributed by atoms with Crippen molar-refractivity contribution in [1.82, 2.24) is 0 Å². The van der Waals surface area contributed by atoms with Crippen LogP contribution < -0.4 is 4.74 Å². The summed E-state index contributed by atoms with van der Waals surface area (Å²) in [6, 6.07) is 22.6. The van der Waals surface area contributed by atoms with Gasteiger partial charge in [0.05, 0.1) is 5.92 Å². The second-order valence-corrected chi connectivity index (χ2v) is 7.36. The molecule has 0 saturated heterocycles. The zero-order valence-electron chi connectivity index (χ0n) is 16.0. The molecule has 0 aliphatic heterocycles. The number of para-hydroxylation sites is 1. The lowest BCUT2D eigenvalue weighted by molar-refractivity contribution is -0.142. The summed E-state index contributed by atoms with van der Waals surface area (Å²) in [7, 11) is 0. The van der Waals surface area contributed by atoms with Crippen molar-refractivity contribution in [2.24, 2.45) is 5.92 Å². The molecule has 3 aromatic carbocycles. The summed E-state index contributed by atoms with van der Waals surface area (Å²) in [6.07, 6.45) is 3.08. The number of carboxylic acid groups (broad SMARTS) is 1. The van der Waals surface area contributed by atoms with E-state index in [1.165, 1.54) is 11.1 Å². The van der Waals surface area contributed by atoms with Crippen LogP contribution in [0.1, 0.15) is 30.0 Å². The fourth-order valence-electron chi connectivity index (χ4n) is 3.89. The van der Waals surface area contributed by atoms with Crippen LogP contribution >= 0.6 is 0 Å². The lowest BCUT2D eigenvalue weighted by atomic mass is 9.84. The first-order chi connectivity index (χ1) is 13.6. The van der Waals surface area contributed by atoms with Crippen LogP contribution in [-0.2, 0) is 24.1 Å². The normalized spacial score (nSPS) is 15.7. The van der Waals surface area contributed by atoms with E-state index in [1.54, 1.807) is 0 Å². The van der Waals surface area contributed by atoms with E-state index in [1.807, 2.05) is 30.3 Å². The van der Waals surface area contributed by atoms with Gasteiger partial charge in [0.15, 0.2) is 0 Å². The number of aryl methyl sites for hydroxylation is 2. The summed E-state index contributed by atoms with van der Waals surface area (Å²) in [5.74, 6) is 0.551. The van der Waals surface area contributed by atoms with Gasteiger partial charge < -0.3 is 9.84 Å². The molecule has 0 fully saturated rings. The minimum atomic E-state index is -0.710. The highest BCUT2D eigenvalue weighted by Crippen LogP contribution is 2.35. The van der Waals surface area contributed by atoms with Gasteiger partial charge in [-0.2, -0.15) is 0 Å². The van der Waals surface area contributed by atoms with E-state index in [0.29, 0.717) is 12.8 Å². The van der Waals surface area contributed by atoms with Gasteiger partial charge in [0.2, 0.25) is 0 Å². The van der Waals surface area contributed by atoms with Crippen LogP contribution in [0.2, 0.25) is 0 Å². The van der Waals surface area contributed by atoms with Gasteiger partial charge >= 0.3 is 5.97 Å². The highest BCUT2D eigenvalue weighted by molar-refractivity contribution is 5.72. The minimum absolute atomic E-state index is 0.299. The average Bonchev–Trinajstić information content (AvgIpc) is 2.73. The fourth-order valence-corrected chi connectivity index (χ4v) is 3.89. The van der Waals surface area contributed by atoms with Gasteiger partial charge in [-0.1, -0.05) is 55.5 Å². The lowest BCUT2D eigenvalue weighted by Gasteiger charge is -2.22. The molecule has 0 spiro atoms. The molecule has 1 N–H and O–H groups in total. The van der Waals surface area contributed by atoms with E-state index in [9.17, 15) is 9.90 Å². The first-order valence-electron chi connectivity index (χ1n) is 9.85. The van der Waals surface area contributed by atoms with Crippen molar-refractivity contribution >= 4 is 5.97 Å². The third-order valence-electron chi connectivity index (χ3n) is 5.52. The lowest BCUT2D eigenvalue weighted by Crippen LogP contribution is -2.22. The third-order valence-corrected chi connectivity index (χ3v) is 5.52. The number of ether oxygens (including phenoxy) is 1. The summed E-state index contributed by atoms with van der Waals surface area (Å²) in [5.41, 5.74) is 5.80. The van der Waals surface area contributed by atoms with E-state index < -0.39 is 5.97 Å². The summed E-state index contributed by atoms with van der Waals surface area (Å²) in [6.45, 7) is 2.15. The van der Waals surface area contributed by atoms with E-state index in [2.05, 4.69) is 43.3 Å². The molecule has 1 aliphatic rings. The van der Waals surface area contributed by atoms with Crippen LogP contribution in [0.5, 0.6) is 11.5 Å². The number of hydrogen-bond donors (Lipinski definition) is 1. The molecular formula is C25H24O3. The van der Waals surface area contributed by atoms with Gasteiger partial charge in [-0.05, 0) is 66.1 Å². The zero-order chi connectivity index (χ0) is 19.5. The van der Waals surface area contributed by atoms with Crippen LogP contribution in [0.25, 0.3) is 11.1 Å². The Hall–Kier alpha value is -3.07. The molecule has 4 rings (SSSR count). The Morgan fingerprint density at radius 2 is 1.89 bits per heavy atom. The SMILES string of the molecule is CCc1cccc(-c2ccccc2Oc2ccc3c(c2)CC(C(=O)O)CC3)c1. The highest BCUT2D eigenvalue weighted by Gasteiger charge is 2.24. The maximum Gasteiger partial charge on any atom is 0.306 e. The van der Waals surface area contributed by atoms with Gasteiger partial charge in [0, 0.05) is 5.56 Å². The Kier molecular flexibility index (Phi) is 5.16. The predicted octanol–water partition coefficient (Wildman–Crippen LogP) is 5.90. The average molecular weight is 372 g/mol. The molecule has 1 unspecified atom stereocenters. The number of fused-ring (bicyclic) bond motifs is 1. The summed E-state index contributed by atoms with van der Waals surface area (Å²) < 4.78 is 6.25. The molecule has 3 aromatic rings. The third kappa shape index (κ3) is 3.79. The number of carbonyl (C=O) groups is 1. The molecule has 142 valence electrons. The molecular weight excluding hydrogens is 348 g/mol. The summed E-state index contributed by atoms with van der Waals surface area (Å²) >= 11 is 0. The molecule has 28 heavy (non-hydrogen) atoms. The van der Waals surface area contributed by atoms with Crippen molar-refractivity contribution in [3.05, 3.63) is 83.4 Å². The van der Waals surface area contributed by atoms with Gasteiger partial charge in [0.25, 0.3) is 0 Å². The molecule has 1 aliphatic carbocycles. The van der Waals surface area contributed by atoms with E-state index >= 15 is 0 Å². The summed E-state index contributed by atoms with van der Waals surface area (Å²) in [5, 5.41) is 9.34. The first-order valence-corrected chi connectivity index (χ1v) is 9.85. The Labute approximate surface area is 165 Å². The van der Waals surface area contributed by atoms with Crippen LogP contribution in [0, 0.1) is 5.92 Å². The Morgan fingerprint density at radius 3 is 2.71 bits per heavy atom. The number of hydrogen-bond acceptors (Lipinski definition) is 2. The van der Waals surface area contributed by atoms with Gasteiger partial charge in [-0.15, -0.1) is 0 Å². The monoisotopic (exact) mass is 372 g/mol. The largest absolute Gasteiger partial charge is 0.481 e. The molecule has 0 aromatic heterocycles. The van der Waals surface area contributed by atoms with Crippen molar-refractivity contribution in [3.63, 3.8) is 0 Å². The van der Waals surface area contributed by atoms with E-state index in [0.717, 1.165) is 41.0 Å². The summed E-state index contributed by atoms with van der Waals surface area (Å²) in [4.78, 5) is 11.4. The fraction of sp³-hybridized carbons (Fsp3) is 0.240. The van der Waals surface area contributed by atoms with Crippen molar-refractivity contribution in [3.8, 4) is 22.6 Å². The Morgan fingerprint density at radius 1 is 1.04 bits per heavy atom.